The van der Waals surface area contributed by atoms with E-state index >= 15 is 0 Å². The van der Waals surface area contributed by atoms with Crippen molar-refractivity contribution in [2.24, 2.45) is 5.84 Å². The molecular weight excluding hydrogens is 221 g/mol. The lowest BCUT2D eigenvalue weighted by Crippen LogP contribution is -2.31. The van der Waals surface area contributed by atoms with Gasteiger partial charge in [-0.3, -0.25) is 5.84 Å². The van der Waals surface area contributed by atoms with Crippen LogP contribution in [0.1, 0.15) is 0 Å². The van der Waals surface area contributed by atoms with Gasteiger partial charge in [-0.2, -0.15) is 0 Å². The van der Waals surface area contributed by atoms with Gasteiger partial charge in [0, 0.05) is 12.1 Å². The monoisotopic (exact) mass is 226 g/mol. The van der Waals surface area contributed by atoms with E-state index in [9.17, 15) is 21.6 Å². The molecule has 1 aromatic rings. The van der Waals surface area contributed by atoms with Crippen molar-refractivity contribution < 1.29 is 21.6 Å². The van der Waals surface area contributed by atoms with Crippen molar-refractivity contribution in [2.75, 3.05) is 0 Å². The second-order valence-corrected chi connectivity index (χ2v) is 3.97. The van der Waals surface area contributed by atoms with Crippen LogP contribution in [0.2, 0.25) is 0 Å². The van der Waals surface area contributed by atoms with Crippen molar-refractivity contribution in [1.29, 1.82) is 0 Å². The van der Waals surface area contributed by atoms with Gasteiger partial charge in [0.1, 0.15) is 17.5 Å². The average molecular weight is 226 g/mol. The van der Waals surface area contributed by atoms with E-state index in [0.29, 0.717) is 0 Å². The molecule has 4 nitrogen and oxygen atoms in total. The first-order valence-corrected chi connectivity index (χ1v) is 4.74. The lowest BCUT2D eigenvalue weighted by molar-refractivity contribution is 0.494. The second-order valence-electron chi connectivity index (χ2n) is 2.32. The first-order chi connectivity index (χ1) is 6.38. The van der Waals surface area contributed by atoms with E-state index < -0.39 is 32.4 Å². The Labute approximate surface area is 77.5 Å². The van der Waals surface area contributed by atoms with Crippen LogP contribution in [0.3, 0.4) is 0 Å². The molecule has 0 amide bonds. The molecule has 0 fully saturated rings. The van der Waals surface area contributed by atoms with E-state index in [1.165, 1.54) is 4.83 Å². The number of benzene rings is 1. The molecule has 0 atom stereocenters. The lowest BCUT2D eigenvalue weighted by atomic mass is 10.3. The molecule has 0 aliphatic heterocycles. The van der Waals surface area contributed by atoms with E-state index in [2.05, 4.69) is 5.84 Å². The molecule has 1 rings (SSSR count). The van der Waals surface area contributed by atoms with Crippen LogP contribution >= 0.6 is 0 Å². The van der Waals surface area contributed by atoms with Crippen molar-refractivity contribution in [3.63, 3.8) is 0 Å². The van der Waals surface area contributed by atoms with Crippen molar-refractivity contribution in [3.05, 3.63) is 29.6 Å². The van der Waals surface area contributed by atoms with Crippen molar-refractivity contribution in [2.45, 2.75) is 4.90 Å². The van der Waals surface area contributed by atoms with Gasteiger partial charge in [0.15, 0.2) is 4.90 Å². The number of nitrogens with two attached hydrogens (primary N) is 1. The number of rotatable bonds is 2. The molecule has 0 bridgehead atoms. The maximum atomic E-state index is 12.8. The van der Waals surface area contributed by atoms with Crippen LogP contribution in [0.15, 0.2) is 17.0 Å². The quantitative estimate of drug-likeness (QED) is 0.561. The van der Waals surface area contributed by atoms with E-state index in [1.54, 1.807) is 0 Å². The summed E-state index contributed by atoms with van der Waals surface area (Å²) in [5.74, 6) is 0.255. The number of hydrazine groups is 1. The van der Waals surface area contributed by atoms with Crippen molar-refractivity contribution >= 4 is 10.0 Å². The van der Waals surface area contributed by atoms with Gasteiger partial charge in [-0.05, 0) is 0 Å². The van der Waals surface area contributed by atoms with Gasteiger partial charge in [0.05, 0.1) is 0 Å². The summed E-state index contributed by atoms with van der Waals surface area (Å²) in [7, 11) is -4.47. The largest absolute Gasteiger partial charge is 0.258 e. The molecule has 0 aromatic heterocycles. The van der Waals surface area contributed by atoms with E-state index in [-0.39, 0.29) is 12.1 Å². The fraction of sp³-hybridized carbons (Fsp3) is 0. The van der Waals surface area contributed by atoms with Gasteiger partial charge in [0.25, 0.3) is 10.0 Å². The Hall–Kier alpha value is -1.12. The van der Waals surface area contributed by atoms with Gasteiger partial charge in [-0.1, -0.05) is 0 Å². The topological polar surface area (TPSA) is 72.2 Å². The van der Waals surface area contributed by atoms with Crippen molar-refractivity contribution in [1.82, 2.24) is 4.83 Å². The summed E-state index contributed by atoms with van der Waals surface area (Å²) in [5.41, 5.74) is 0. The predicted octanol–water partition coefficient (Wildman–Crippen LogP) is 0.256. The Morgan fingerprint density at radius 3 is 1.93 bits per heavy atom. The Morgan fingerprint density at radius 2 is 1.57 bits per heavy atom. The lowest BCUT2D eigenvalue weighted by Gasteiger charge is -2.04. The predicted molar refractivity (Wildman–Crippen MR) is 40.8 cm³/mol. The number of sulfonamides is 1. The fourth-order valence-corrected chi connectivity index (χ4v) is 1.59. The number of hydrogen-bond donors (Lipinski definition) is 2. The minimum atomic E-state index is -4.47. The minimum Gasteiger partial charge on any atom is -0.257 e. The highest BCUT2D eigenvalue weighted by atomic mass is 32.2. The van der Waals surface area contributed by atoms with Crippen LogP contribution in [-0.2, 0) is 10.0 Å². The number of halogens is 3. The van der Waals surface area contributed by atoms with Crippen LogP contribution < -0.4 is 10.7 Å². The number of nitrogens with one attached hydrogen (secondary N) is 1. The first-order valence-electron chi connectivity index (χ1n) is 3.25. The van der Waals surface area contributed by atoms with Gasteiger partial charge in [-0.15, -0.1) is 4.83 Å². The Kier molecular flexibility index (Phi) is 2.79. The molecule has 3 N–H and O–H groups in total. The zero-order chi connectivity index (χ0) is 10.9. The maximum Gasteiger partial charge on any atom is 0.258 e. The fourth-order valence-electron chi connectivity index (χ4n) is 0.845. The summed E-state index contributed by atoms with van der Waals surface area (Å²) >= 11 is 0. The van der Waals surface area contributed by atoms with Gasteiger partial charge in [-0.25, -0.2) is 21.6 Å². The molecule has 0 spiro atoms. The summed E-state index contributed by atoms with van der Waals surface area (Å²) in [4.78, 5) is -0.0758. The molecule has 14 heavy (non-hydrogen) atoms. The summed E-state index contributed by atoms with van der Waals surface area (Å²) in [5, 5.41) is 0. The average Bonchev–Trinajstić information content (AvgIpc) is 2.01. The normalized spacial score (nSPS) is 11.7. The molecule has 1 aromatic carbocycles. The second kappa shape index (κ2) is 3.56. The highest BCUT2D eigenvalue weighted by molar-refractivity contribution is 7.89. The maximum absolute atomic E-state index is 12.8. The molecule has 78 valence electrons. The first kappa shape index (κ1) is 11.0. The zero-order valence-corrected chi connectivity index (χ0v) is 7.41. The Balaban J connectivity index is 3.51. The number of hydrogen-bond acceptors (Lipinski definition) is 3. The van der Waals surface area contributed by atoms with Gasteiger partial charge < -0.3 is 0 Å². The third kappa shape index (κ3) is 1.86. The van der Waals surface area contributed by atoms with Crippen LogP contribution in [0.4, 0.5) is 13.2 Å². The van der Waals surface area contributed by atoms with Crippen LogP contribution in [0, 0.1) is 17.5 Å². The van der Waals surface area contributed by atoms with Gasteiger partial charge >= 0.3 is 0 Å². The van der Waals surface area contributed by atoms with Crippen molar-refractivity contribution in [3.8, 4) is 0 Å². The van der Waals surface area contributed by atoms with Crippen LogP contribution in [-0.4, -0.2) is 8.42 Å². The van der Waals surface area contributed by atoms with E-state index in [0.717, 1.165) is 0 Å². The molecule has 0 unspecified atom stereocenters. The summed E-state index contributed by atoms with van der Waals surface area (Å²) in [6.45, 7) is 0. The summed E-state index contributed by atoms with van der Waals surface area (Å²) < 4.78 is 59.9. The molecule has 0 saturated carbocycles. The molecule has 0 radical (unpaired) electrons. The smallest absolute Gasteiger partial charge is 0.257 e. The zero-order valence-electron chi connectivity index (χ0n) is 6.59. The standard InChI is InChI=1S/C6H5F3N2O2S/c7-3-1-4(8)6(5(9)2-3)14(12,13)11-10/h1-2,11H,10H2. The van der Waals surface area contributed by atoms with Crippen LogP contribution in [0.5, 0.6) is 0 Å². The minimum absolute atomic E-state index is 0.243. The highest BCUT2D eigenvalue weighted by Gasteiger charge is 2.23. The van der Waals surface area contributed by atoms with E-state index in [4.69, 9.17) is 0 Å². The molecule has 0 heterocycles. The molecule has 0 aliphatic rings. The molecule has 8 heteroatoms. The van der Waals surface area contributed by atoms with Gasteiger partial charge in [0.2, 0.25) is 0 Å². The van der Waals surface area contributed by atoms with Crippen LogP contribution in [0.25, 0.3) is 0 Å². The third-order valence-electron chi connectivity index (χ3n) is 1.39. The van der Waals surface area contributed by atoms with E-state index in [1.807, 2.05) is 0 Å². The molecule has 0 saturated heterocycles. The Morgan fingerprint density at radius 1 is 1.14 bits per heavy atom. The molecular formula is C6H5F3N2O2S. The SMILES string of the molecule is NNS(=O)(=O)c1c(F)cc(F)cc1F. The molecule has 0 aliphatic carbocycles. The summed E-state index contributed by atoms with van der Waals surface area (Å²) in [6.07, 6.45) is 0. The summed E-state index contributed by atoms with van der Waals surface area (Å²) in [6, 6.07) is 0.487. The third-order valence-corrected chi connectivity index (χ3v) is 2.62. The Bertz CT molecular complexity index is 437. The highest BCUT2D eigenvalue weighted by Crippen LogP contribution is 2.19.